The molecule has 0 saturated heterocycles. The number of anilines is 5. The summed E-state index contributed by atoms with van der Waals surface area (Å²) in [5, 5.41) is 10.6. The predicted molar refractivity (Wildman–Crippen MR) is 319 cm³/mol. The second kappa shape index (κ2) is 17.7. The number of nitrogens with one attached hydrogen (secondary N) is 1. The monoisotopic (exact) mass is 986 g/mol. The van der Waals surface area contributed by atoms with Crippen molar-refractivity contribution in [1.82, 2.24) is 10.3 Å². The first-order valence-electron chi connectivity index (χ1n) is 26.7. The average Bonchev–Trinajstić information content (AvgIpc) is 4.21. The van der Waals surface area contributed by atoms with Crippen LogP contribution in [0.5, 0.6) is 0 Å². The van der Waals surface area contributed by atoms with Gasteiger partial charge in [0.05, 0.1) is 16.5 Å². The van der Waals surface area contributed by atoms with Crippen LogP contribution >= 0.6 is 0 Å². The summed E-state index contributed by atoms with van der Waals surface area (Å²) in [7, 11) is 0. The number of rotatable bonds is 8. The first kappa shape index (κ1) is 47.1. The van der Waals surface area contributed by atoms with Crippen molar-refractivity contribution in [2.45, 2.75) is 71.6 Å². The van der Waals surface area contributed by atoms with Gasteiger partial charge in [0, 0.05) is 40.8 Å². The molecule has 76 heavy (non-hydrogen) atoms. The Kier molecular flexibility index (Phi) is 11.0. The fourth-order valence-electron chi connectivity index (χ4n) is 12.2. The largest absolute Gasteiger partial charge is 0.455 e. The lowest BCUT2D eigenvalue weighted by molar-refractivity contribution is 0.590. The van der Waals surface area contributed by atoms with Crippen molar-refractivity contribution in [1.29, 1.82) is 0 Å². The molecule has 13 rings (SSSR count). The van der Waals surface area contributed by atoms with E-state index in [1.54, 1.807) is 0 Å². The second-order valence-corrected chi connectivity index (χ2v) is 23.0. The van der Waals surface area contributed by atoms with Gasteiger partial charge in [0.2, 0.25) is 0 Å². The van der Waals surface area contributed by atoms with Crippen molar-refractivity contribution >= 4 is 72.1 Å². The number of para-hydroxylation sites is 1. The van der Waals surface area contributed by atoms with E-state index in [0.717, 1.165) is 79.6 Å². The lowest BCUT2D eigenvalue weighted by Gasteiger charge is -2.36. The van der Waals surface area contributed by atoms with Crippen LogP contribution in [0.4, 0.5) is 28.6 Å². The Morgan fingerprint density at radius 1 is 0.513 bits per heavy atom. The maximum Gasteiger partial charge on any atom is 0.145 e. The van der Waals surface area contributed by atoms with Gasteiger partial charge in [-0.05, 0) is 151 Å². The van der Waals surface area contributed by atoms with Crippen molar-refractivity contribution in [3.8, 4) is 11.1 Å². The van der Waals surface area contributed by atoms with Crippen LogP contribution in [0.15, 0.2) is 228 Å². The molecule has 1 aliphatic heterocycles. The quantitative estimate of drug-likeness (QED) is 0.154. The highest BCUT2D eigenvalue weighted by Gasteiger charge is 2.50. The molecule has 11 aromatic rings. The fraction of sp³-hybridized carbons (Fsp3) is 0.169. The van der Waals surface area contributed by atoms with E-state index in [1.165, 1.54) is 60.5 Å². The Hall–Kier alpha value is -8.67. The minimum atomic E-state index is -0.820. The molecule has 0 atom stereocenters. The lowest BCUT2D eigenvalue weighted by Crippen LogP contribution is -2.31. The molecule has 0 saturated carbocycles. The average molecular weight is 987 g/mol. The van der Waals surface area contributed by atoms with Crippen molar-refractivity contribution in [2.24, 2.45) is 0 Å². The number of allylic oxidation sites excluding steroid dienone is 2. The van der Waals surface area contributed by atoms with Crippen molar-refractivity contribution in [3.05, 3.63) is 263 Å². The topological polar surface area (TPSA) is 44.5 Å². The van der Waals surface area contributed by atoms with Gasteiger partial charge in [-0.15, -0.1) is 0 Å². The highest BCUT2D eigenvalue weighted by atomic mass is 16.3. The van der Waals surface area contributed by atoms with E-state index in [1.807, 2.05) is 6.20 Å². The standard InChI is InChI=1S/C71H62N4O/c1-45-27-39-62(72-43-45)74(51-33-29-47(30-34-51)69(3,4)5)53-37-38-56-58(41-53)54-23-15-16-24-55(54)65-66-59(71(67(56)65,49-19-11-9-12-20-49)50-21-13-10-14-22-50)42-60(64-57-25-17-18-26-61(57)76-68(64)66)75(63-40-28-46(2)44-73-63)52-35-31-48(32-36-52)70(6,7)8/h9-42,44,72H,43H2,1-8H3. The number of furan rings is 1. The summed E-state index contributed by atoms with van der Waals surface area (Å²) in [5.41, 5.74) is 17.1. The summed E-state index contributed by atoms with van der Waals surface area (Å²) in [6.07, 6.45) is 6.44. The van der Waals surface area contributed by atoms with Gasteiger partial charge in [-0.2, -0.15) is 0 Å². The van der Waals surface area contributed by atoms with Gasteiger partial charge in [0.25, 0.3) is 0 Å². The minimum absolute atomic E-state index is 0.0212. The van der Waals surface area contributed by atoms with E-state index < -0.39 is 5.41 Å². The van der Waals surface area contributed by atoms with Crippen LogP contribution in [-0.2, 0) is 16.2 Å². The van der Waals surface area contributed by atoms with Gasteiger partial charge in [-0.3, -0.25) is 9.80 Å². The highest BCUT2D eigenvalue weighted by Crippen LogP contribution is 2.64. The van der Waals surface area contributed by atoms with Gasteiger partial charge in [0.15, 0.2) is 0 Å². The number of nitrogens with zero attached hydrogens (tertiary/aromatic N) is 3. The molecule has 2 aliphatic rings. The molecule has 1 N–H and O–H groups in total. The number of pyridine rings is 1. The smallest absolute Gasteiger partial charge is 0.145 e. The van der Waals surface area contributed by atoms with Crippen molar-refractivity contribution < 1.29 is 4.42 Å². The zero-order valence-electron chi connectivity index (χ0n) is 44.7. The zero-order valence-corrected chi connectivity index (χ0v) is 44.7. The third-order valence-corrected chi connectivity index (χ3v) is 16.0. The van der Waals surface area contributed by atoms with Crippen LogP contribution in [-0.4, -0.2) is 11.5 Å². The van der Waals surface area contributed by atoms with E-state index in [9.17, 15) is 0 Å². The molecule has 0 bridgehead atoms. The van der Waals surface area contributed by atoms with Gasteiger partial charge < -0.3 is 9.73 Å². The molecule has 5 heteroatoms. The van der Waals surface area contributed by atoms with Gasteiger partial charge >= 0.3 is 0 Å². The molecule has 2 aromatic heterocycles. The summed E-state index contributed by atoms with van der Waals surface area (Å²) in [4.78, 5) is 9.96. The Morgan fingerprint density at radius 2 is 1.09 bits per heavy atom. The summed E-state index contributed by atoms with van der Waals surface area (Å²) >= 11 is 0. The molecule has 0 amide bonds. The van der Waals surface area contributed by atoms with E-state index in [2.05, 4.69) is 277 Å². The van der Waals surface area contributed by atoms with Gasteiger partial charge in [0.1, 0.15) is 22.8 Å². The van der Waals surface area contributed by atoms with Crippen LogP contribution in [0.25, 0.3) is 54.6 Å². The predicted octanol–water partition coefficient (Wildman–Crippen LogP) is 18.6. The van der Waals surface area contributed by atoms with Gasteiger partial charge in [-0.25, -0.2) is 4.98 Å². The molecular weight excluding hydrogens is 925 g/mol. The Bertz CT molecular complexity index is 4080. The summed E-state index contributed by atoms with van der Waals surface area (Å²) < 4.78 is 7.46. The number of fused-ring (bicyclic) bond motifs is 12. The number of hydrogen-bond acceptors (Lipinski definition) is 5. The lowest BCUT2D eigenvalue weighted by atomic mass is 9.66. The summed E-state index contributed by atoms with van der Waals surface area (Å²) in [5.74, 6) is 1.87. The molecular formula is C71H62N4O. The Morgan fingerprint density at radius 3 is 1.68 bits per heavy atom. The molecule has 1 aliphatic carbocycles. The van der Waals surface area contributed by atoms with Crippen molar-refractivity contribution in [2.75, 3.05) is 16.3 Å². The number of hydrogen-bond donors (Lipinski definition) is 1. The summed E-state index contributed by atoms with van der Waals surface area (Å²) in [6, 6.07) is 72.1. The third kappa shape index (κ3) is 7.46. The molecule has 5 nitrogen and oxygen atoms in total. The molecule has 0 spiro atoms. The normalized spacial score (nSPS) is 14.1. The molecule has 372 valence electrons. The molecule has 9 aromatic carbocycles. The molecule has 3 heterocycles. The van der Waals surface area contributed by atoms with E-state index >= 15 is 0 Å². The summed E-state index contributed by atoms with van der Waals surface area (Å²) in [6.45, 7) is 18.7. The van der Waals surface area contributed by atoms with Crippen LogP contribution in [0, 0.1) is 6.92 Å². The number of aryl methyl sites for hydroxylation is 1. The van der Waals surface area contributed by atoms with E-state index in [0.29, 0.717) is 0 Å². The maximum absolute atomic E-state index is 7.46. The van der Waals surface area contributed by atoms with Crippen LogP contribution in [0.1, 0.15) is 87.4 Å². The first-order chi connectivity index (χ1) is 36.8. The Balaban J connectivity index is 1.18. The minimum Gasteiger partial charge on any atom is -0.455 e. The van der Waals surface area contributed by atoms with E-state index in [4.69, 9.17) is 9.40 Å². The zero-order chi connectivity index (χ0) is 52.1. The highest BCUT2D eigenvalue weighted by molar-refractivity contribution is 6.26. The third-order valence-electron chi connectivity index (χ3n) is 16.0. The fourth-order valence-corrected chi connectivity index (χ4v) is 12.2. The number of aromatic nitrogens is 1. The van der Waals surface area contributed by atoms with Crippen LogP contribution < -0.4 is 15.1 Å². The second-order valence-electron chi connectivity index (χ2n) is 23.0. The molecule has 0 fully saturated rings. The molecule has 0 radical (unpaired) electrons. The first-order valence-corrected chi connectivity index (χ1v) is 26.7. The number of benzene rings is 9. The van der Waals surface area contributed by atoms with Gasteiger partial charge in [-0.1, -0.05) is 193 Å². The molecule has 0 unspecified atom stereocenters. The van der Waals surface area contributed by atoms with Crippen molar-refractivity contribution in [3.63, 3.8) is 0 Å². The SMILES string of the molecule is CC1=CC=C(N(c2ccc(C(C)(C)C)cc2)c2ccc3c4c(c5ccccc5c3c2)-c2c(cc(N(c3ccc(C(C)(C)C)cc3)c3ccc(C)cn3)c3c2oc2ccccc23)C4(c2ccccc2)c2ccccc2)NC1. The maximum atomic E-state index is 7.46. The Labute approximate surface area is 446 Å². The number of dihydropyridines is 1. The van der Waals surface area contributed by atoms with E-state index in [-0.39, 0.29) is 10.8 Å². The van der Waals surface area contributed by atoms with Crippen LogP contribution in [0.3, 0.4) is 0 Å². The van der Waals surface area contributed by atoms with Crippen LogP contribution in [0.2, 0.25) is 0 Å².